The van der Waals surface area contributed by atoms with Crippen LogP contribution < -0.4 is 0 Å². The van der Waals surface area contributed by atoms with Gasteiger partial charge in [-0.1, -0.05) is 18.2 Å². The average Bonchev–Trinajstić information content (AvgIpc) is 2.10. The molecule has 0 saturated heterocycles. The largest absolute Gasteiger partial charge is 0.507 e. The lowest BCUT2D eigenvalue weighted by molar-refractivity contribution is 0.104. The number of para-hydroxylation sites is 1. The molecule has 1 rings (SSSR count). The lowest BCUT2D eigenvalue weighted by Gasteiger charge is -2.02. The Morgan fingerprint density at radius 2 is 2.15 bits per heavy atom. The first-order valence-corrected chi connectivity index (χ1v) is 4.12. The molecule has 0 aliphatic heterocycles. The van der Waals surface area contributed by atoms with Gasteiger partial charge in [0, 0.05) is 0 Å². The molecular weight excluding hydrogens is 164 g/mol. The van der Waals surface area contributed by atoms with Crippen LogP contribution in [0.15, 0.2) is 30.4 Å². The number of allylic oxidation sites excluding steroid dienone is 2. The number of carbonyl (C=O) groups is 1. The first-order valence-electron chi connectivity index (χ1n) is 4.12. The van der Waals surface area contributed by atoms with Gasteiger partial charge in [-0.3, -0.25) is 4.79 Å². The smallest absolute Gasteiger partial charge is 0.189 e. The third-order valence-electron chi connectivity index (χ3n) is 1.82. The number of hydrogen-bond acceptors (Lipinski definition) is 2. The van der Waals surface area contributed by atoms with Crippen LogP contribution in [0.1, 0.15) is 22.8 Å². The fourth-order valence-corrected chi connectivity index (χ4v) is 1.10. The molecule has 2 nitrogen and oxygen atoms in total. The van der Waals surface area contributed by atoms with Crippen LogP contribution >= 0.6 is 0 Å². The van der Waals surface area contributed by atoms with Crippen LogP contribution in [0.4, 0.5) is 0 Å². The molecule has 1 N–H and O–H groups in total. The van der Waals surface area contributed by atoms with Crippen molar-refractivity contribution in [3.8, 4) is 5.75 Å². The van der Waals surface area contributed by atoms with E-state index < -0.39 is 0 Å². The number of ketones is 1. The molecule has 0 radical (unpaired) electrons. The van der Waals surface area contributed by atoms with Gasteiger partial charge in [0.05, 0.1) is 5.56 Å². The fraction of sp³-hybridized carbons (Fsp3) is 0.182. The van der Waals surface area contributed by atoms with E-state index in [0.717, 1.165) is 5.56 Å². The van der Waals surface area contributed by atoms with Gasteiger partial charge in [-0.15, -0.1) is 0 Å². The number of rotatable bonds is 2. The molecule has 0 saturated carbocycles. The van der Waals surface area contributed by atoms with Crippen molar-refractivity contribution in [2.24, 2.45) is 0 Å². The lowest BCUT2D eigenvalue weighted by atomic mass is 10.1. The van der Waals surface area contributed by atoms with Crippen molar-refractivity contribution in [2.45, 2.75) is 13.8 Å². The van der Waals surface area contributed by atoms with Crippen LogP contribution in [0.2, 0.25) is 0 Å². The zero-order chi connectivity index (χ0) is 9.84. The maximum atomic E-state index is 11.4. The van der Waals surface area contributed by atoms with Gasteiger partial charge in [0.1, 0.15) is 5.75 Å². The van der Waals surface area contributed by atoms with E-state index >= 15 is 0 Å². The Hall–Kier alpha value is -1.57. The zero-order valence-electron chi connectivity index (χ0n) is 7.74. The van der Waals surface area contributed by atoms with E-state index in [9.17, 15) is 9.90 Å². The standard InChI is InChI=1S/C11H12O2/c1-3-5-10(12)9-7-4-6-8(2)11(9)13/h3-7,13H,1-2H3/b5-3+. The molecule has 1 aromatic rings. The highest BCUT2D eigenvalue weighted by molar-refractivity contribution is 6.06. The van der Waals surface area contributed by atoms with E-state index in [2.05, 4.69) is 0 Å². The molecule has 0 aliphatic rings. The Bertz CT molecular complexity index is 351. The normalized spacial score (nSPS) is 10.6. The van der Waals surface area contributed by atoms with Crippen molar-refractivity contribution in [1.82, 2.24) is 0 Å². The van der Waals surface area contributed by atoms with Crippen LogP contribution in [0.5, 0.6) is 5.75 Å². The van der Waals surface area contributed by atoms with E-state index in [-0.39, 0.29) is 11.5 Å². The Labute approximate surface area is 77.5 Å². The summed E-state index contributed by atoms with van der Waals surface area (Å²) in [6.07, 6.45) is 3.10. The van der Waals surface area contributed by atoms with E-state index in [1.807, 2.05) is 0 Å². The van der Waals surface area contributed by atoms with Crippen LogP contribution in [0.3, 0.4) is 0 Å². The molecule has 0 amide bonds. The second-order valence-electron chi connectivity index (χ2n) is 2.84. The topological polar surface area (TPSA) is 37.3 Å². The number of carbonyl (C=O) groups excluding carboxylic acids is 1. The monoisotopic (exact) mass is 176 g/mol. The molecule has 2 heteroatoms. The van der Waals surface area contributed by atoms with Gasteiger partial charge in [-0.05, 0) is 31.6 Å². The lowest BCUT2D eigenvalue weighted by Crippen LogP contribution is -1.95. The van der Waals surface area contributed by atoms with E-state index in [0.29, 0.717) is 5.56 Å². The molecule has 0 aliphatic carbocycles. The number of phenols is 1. The van der Waals surface area contributed by atoms with Gasteiger partial charge in [0.25, 0.3) is 0 Å². The van der Waals surface area contributed by atoms with E-state index in [4.69, 9.17) is 0 Å². The number of aromatic hydroxyl groups is 1. The van der Waals surface area contributed by atoms with E-state index in [1.54, 1.807) is 38.1 Å². The van der Waals surface area contributed by atoms with Gasteiger partial charge < -0.3 is 5.11 Å². The summed E-state index contributed by atoms with van der Waals surface area (Å²) in [7, 11) is 0. The van der Waals surface area contributed by atoms with Crippen molar-refractivity contribution < 1.29 is 9.90 Å². The first kappa shape index (κ1) is 9.52. The molecule has 1 aromatic carbocycles. The minimum Gasteiger partial charge on any atom is -0.507 e. The van der Waals surface area contributed by atoms with Crippen molar-refractivity contribution in [1.29, 1.82) is 0 Å². The van der Waals surface area contributed by atoms with Gasteiger partial charge in [0.15, 0.2) is 5.78 Å². The second kappa shape index (κ2) is 3.90. The Morgan fingerprint density at radius 3 is 2.77 bits per heavy atom. The van der Waals surface area contributed by atoms with E-state index in [1.165, 1.54) is 6.08 Å². The molecule has 0 heterocycles. The van der Waals surface area contributed by atoms with Crippen molar-refractivity contribution in [2.75, 3.05) is 0 Å². The summed E-state index contributed by atoms with van der Waals surface area (Å²) < 4.78 is 0. The highest BCUT2D eigenvalue weighted by atomic mass is 16.3. The zero-order valence-corrected chi connectivity index (χ0v) is 7.74. The van der Waals surface area contributed by atoms with Crippen molar-refractivity contribution in [3.05, 3.63) is 41.5 Å². The van der Waals surface area contributed by atoms with Crippen LogP contribution in [-0.4, -0.2) is 10.9 Å². The number of hydrogen-bond donors (Lipinski definition) is 1. The molecular formula is C11H12O2. The highest BCUT2D eigenvalue weighted by Gasteiger charge is 2.08. The summed E-state index contributed by atoms with van der Waals surface area (Å²) in [4.78, 5) is 11.4. The third-order valence-corrected chi connectivity index (χ3v) is 1.82. The van der Waals surface area contributed by atoms with Gasteiger partial charge >= 0.3 is 0 Å². The van der Waals surface area contributed by atoms with Crippen molar-refractivity contribution >= 4 is 5.78 Å². The molecule has 0 fully saturated rings. The summed E-state index contributed by atoms with van der Waals surface area (Å²) in [5, 5.41) is 9.54. The van der Waals surface area contributed by atoms with Crippen LogP contribution in [0.25, 0.3) is 0 Å². The summed E-state index contributed by atoms with van der Waals surface area (Å²) in [5.74, 6) is -0.0886. The van der Waals surface area contributed by atoms with Gasteiger partial charge in [-0.25, -0.2) is 0 Å². The van der Waals surface area contributed by atoms with Gasteiger partial charge in [0.2, 0.25) is 0 Å². The Morgan fingerprint density at radius 1 is 1.46 bits per heavy atom. The molecule has 68 valence electrons. The molecule has 0 bridgehead atoms. The molecule has 0 aromatic heterocycles. The molecule has 0 spiro atoms. The fourth-order valence-electron chi connectivity index (χ4n) is 1.10. The van der Waals surface area contributed by atoms with Crippen LogP contribution in [0, 0.1) is 6.92 Å². The third kappa shape index (κ3) is 1.96. The van der Waals surface area contributed by atoms with Crippen molar-refractivity contribution in [3.63, 3.8) is 0 Å². The van der Waals surface area contributed by atoms with Gasteiger partial charge in [-0.2, -0.15) is 0 Å². The predicted octanol–water partition coefficient (Wildman–Crippen LogP) is 2.46. The predicted molar refractivity (Wildman–Crippen MR) is 52.0 cm³/mol. The number of phenolic OH excluding ortho intramolecular Hbond substituents is 1. The minimum atomic E-state index is -0.163. The highest BCUT2D eigenvalue weighted by Crippen LogP contribution is 2.21. The SMILES string of the molecule is C/C=C/C(=O)c1cccc(C)c1O. The van der Waals surface area contributed by atoms with Crippen LogP contribution in [-0.2, 0) is 0 Å². The molecule has 0 atom stereocenters. The molecule has 0 unspecified atom stereocenters. The number of benzene rings is 1. The molecule has 13 heavy (non-hydrogen) atoms. The first-order chi connectivity index (χ1) is 6.16. The minimum absolute atomic E-state index is 0.0746. The maximum absolute atomic E-state index is 11.4. The summed E-state index contributed by atoms with van der Waals surface area (Å²) in [6.45, 7) is 3.53. The summed E-state index contributed by atoms with van der Waals surface area (Å²) in [6, 6.07) is 5.14. The average molecular weight is 176 g/mol. The summed E-state index contributed by atoms with van der Waals surface area (Å²) >= 11 is 0. The summed E-state index contributed by atoms with van der Waals surface area (Å²) in [5.41, 5.74) is 1.08. The second-order valence-corrected chi connectivity index (χ2v) is 2.84. The Balaban J connectivity index is 3.15. The maximum Gasteiger partial charge on any atom is 0.189 e. The Kier molecular flexibility index (Phi) is 2.85. The quantitative estimate of drug-likeness (QED) is 0.555. The number of aryl methyl sites for hydroxylation is 1.